The van der Waals surface area contributed by atoms with E-state index in [1.807, 2.05) is 90.5 Å². The van der Waals surface area contributed by atoms with Crippen LogP contribution in [0.15, 0.2) is 54.3 Å². The predicted octanol–water partition coefficient (Wildman–Crippen LogP) is 2.39. The number of para-hydroxylation sites is 1. The number of rotatable bonds is 18. The third kappa shape index (κ3) is 10.7. The average Bonchev–Trinajstić information content (AvgIpc) is 3.63. The van der Waals surface area contributed by atoms with Gasteiger partial charge in [0.1, 0.15) is 12.1 Å². The zero-order chi connectivity index (χ0) is 42.3. The fraction of sp³-hybridized carbons (Fsp3) is 0.537. The van der Waals surface area contributed by atoms with Gasteiger partial charge >= 0.3 is 5.97 Å². The van der Waals surface area contributed by atoms with Crippen LogP contribution < -0.4 is 21.3 Å². The number of carbonyl (C=O) groups excluding carboxylic acids is 6. The molecule has 6 amide bonds. The molecule has 1 aromatic carbocycles. The SMILES string of the molecule is CNC(C(=O)NC(C(=O)N(C)C(/C=C(\C)C(=O)NC(CCC(=O)NCCN1C(=O)C=CC1=O)C(=O)O)C(C)C)C(C)(C)C)C(C)(C)c1cn(C)c2ccccc12. The van der Waals surface area contributed by atoms with Crippen LogP contribution in [-0.2, 0) is 46.0 Å². The Labute approximate surface area is 329 Å². The van der Waals surface area contributed by atoms with Gasteiger partial charge in [-0.15, -0.1) is 0 Å². The number of hydrogen-bond donors (Lipinski definition) is 5. The van der Waals surface area contributed by atoms with Crippen LogP contribution in [0.5, 0.6) is 0 Å². The number of amides is 6. The minimum atomic E-state index is -1.39. The zero-order valence-corrected chi connectivity index (χ0v) is 34.5. The molecule has 2 aromatic rings. The smallest absolute Gasteiger partial charge is 0.326 e. The molecule has 0 spiro atoms. The lowest BCUT2D eigenvalue weighted by molar-refractivity contribution is -0.142. The number of imide groups is 1. The van der Waals surface area contributed by atoms with Gasteiger partial charge in [-0.2, -0.15) is 0 Å². The molecule has 0 aliphatic carbocycles. The monoisotopic (exact) mass is 777 g/mol. The van der Waals surface area contributed by atoms with Gasteiger partial charge in [0, 0.05) is 73.8 Å². The highest BCUT2D eigenvalue weighted by molar-refractivity contribution is 6.12. The number of carboxylic acid groups (broad SMARTS) is 1. The molecule has 5 N–H and O–H groups in total. The van der Waals surface area contributed by atoms with Gasteiger partial charge in [-0.05, 0) is 43.4 Å². The quantitative estimate of drug-likeness (QED) is 0.111. The molecule has 1 aromatic heterocycles. The van der Waals surface area contributed by atoms with E-state index >= 15 is 0 Å². The maximum absolute atomic E-state index is 14.3. The van der Waals surface area contributed by atoms with Gasteiger partial charge in [0.05, 0.1) is 12.1 Å². The van der Waals surface area contributed by atoms with Crippen LogP contribution in [0.2, 0.25) is 0 Å². The molecule has 1 aliphatic heterocycles. The second-order valence-corrected chi connectivity index (χ2v) is 16.4. The molecule has 4 atom stereocenters. The Morgan fingerprint density at radius 1 is 0.946 bits per heavy atom. The van der Waals surface area contributed by atoms with Crippen LogP contribution in [0.4, 0.5) is 0 Å². The molecule has 0 radical (unpaired) electrons. The lowest BCUT2D eigenvalue weighted by Crippen LogP contribution is -2.61. The van der Waals surface area contributed by atoms with Crippen LogP contribution in [0.1, 0.15) is 73.8 Å². The summed E-state index contributed by atoms with van der Waals surface area (Å²) in [5, 5.41) is 22.1. The molecule has 0 fully saturated rings. The van der Waals surface area contributed by atoms with Crippen molar-refractivity contribution in [1.29, 1.82) is 0 Å². The molecule has 0 saturated carbocycles. The molecule has 0 saturated heterocycles. The third-order valence-electron chi connectivity index (χ3n) is 10.3. The number of aryl methyl sites for hydroxylation is 1. The largest absolute Gasteiger partial charge is 0.480 e. The molecule has 3 rings (SSSR count). The van der Waals surface area contributed by atoms with Crippen molar-refractivity contribution >= 4 is 52.3 Å². The van der Waals surface area contributed by atoms with Crippen LogP contribution in [0, 0.1) is 11.3 Å². The summed E-state index contributed by atoms with van der Waals surface area (Å²) in [4.78, 5) is 92.0. The van der Waals surface area contributed by atoms with Crippen LogP contribution >= 0.6 is 0 Å². The number of nitrogens with zero attached hydrogens (tertiary/aromatic N) is 3. The standard InChI is InChI=1S/C41H59N7O8/c1-24(2)30(22-25(3)36(52)44-28(39(55)56)16-17-31(49)43-20-21-48-32(50)18-19-33(48)51)47(11)38(54)35(40(4,5)6)45-37(53)34(42-9)41(7,8)27-23-46(10)29-15-13-12-14-26(27)29/h12-15,18-19,22-24,28,30,34-35,42H,16-17,20-21H2,1-11H3,(H,43,49)(H,44,52)(H,45,53)(H,55,56)/b25-22+. The minimum Gasteiger partial charge on any atom is -0.480 e. The van der Waals surface area contributed by atoms with Crippen molar-refractivity contribution in [1.82, 2.24) is 35.6 Å². The van der Waals surface area contributed by atoms with Crippen LogP contribution in [0.25, 0.3) is 10.9 Å². The Morgan fingerprint density at radius 3 is 2.11 bits per heavy atom. The number of hydrogen-bond acceptors (Lipinski definition) is 8. The van der Waals surface area contributed by atoms with Gasteiger partial charge in [0.25, 0.3) is 11.8 Å². The van der Waals surface area contributed by atoms with Gasteiger partial charge in [-0.3, -0.25) is 33.7 Å². The second-order valence-electron chi connectivity index (χ2n) is 16.4. The van der Waals surface area contributed by atoms with Crippen molar-refractivity contribution in [3.63, 3.8) is 0 Å². The molecule has 306 valence electrons. The summed E-state index contributed by atoms with van der Waals surface area (Å²) < 4.78 is 2.03. The van der Waals surface area contributed by atoms with Crippen molar-refractivity contribution in [2.45, 2.75) is 97.8 Å². The number of aliphatic carboxylic acids is 1. The van der Waals surface area contributed by atoms with E-state index in [4.69, 9.17) is 0 Å². The minimum absolute atomic E-state index is 0.00825. The molecule has 1 aliphatic rings. The normalized spacial score (nSPS) is 15.8. The van der Waals surface area contributed by atoms with E-state index < -0.39 is 64.6 Å². The van der Waals surface area contributed by atoms with Crippen LogP contribution in [-0.4, -0.2) is 112 Å². The predicted molar refractivity (Wildman–Crippen MR) is 213 cm³/mol. The Bertz CT molecular complexity index is 1870. The van der Waals surface area contributed by atoms with E-state index in [1.54, 1.807) is 20.2 Å². The van der Waals surface area contributed by atoms with Gasteiger partial charge in [-0.25, -0.2) is 4.79 Å². The highest BCUT2D eigenvalue weighted by Crippen LogP contribution is 2.35. The van der Waals surface area contributed by atoms with Crippen molar-refractivity contribution < 1.29 is 38.7 Å². The molecule has 15 nitrogen and oxygen atoms in total. The van der Waals surface area contributed by atoms with E-state index in [2.05, 4.69) is 21.3 Å². The molecular formula is C41H59N7O8. The van der Waals surface area contributed by atoms with Gasteiger partial charge in [0.2, 0.25) is 23.6 Å². The van der Waals surface area contributed by atoms with Crippen molar-refractivity contribution in [2.24, 2.45) is 18.4 Å². The summed E-state index contributed by atoms with van der Waals surface area (Å²) in [6.45, 7) is 14.8. The lowest BCUT2D eigenvalue weighted by atomic mass is 9.76. The molecular weight excluding hydrogens is 718 g/mol. The summed E-state index contributed by atoms with van der Waals surface area (Å²) in [5.74, 6) is -4.38. The maximum Gasteiger partial charge on any atom is 0.326 e. The Balaban J connectivity index is 1.72. The first-order chi connectivity index (χ1) is 26.0. The Morgan fingerprint density at radius 2 is 1.55 bits per heavy atom. The highest BCUT2D eigenvalue weighted by Gasteiger charge is 2.42. The van der Waals surface area contributed by atoms with E-state index in [0.29, 0.717) is 0 Å². The first-order valence-electron chi connectivity index (χ1n) is 18.8. The summed E-state index contributed by atoms with van der Waals surface area (Å²) >= 11 is 0. The van der Waals surface area contributed by atoms with Crippen molar-refractivity contribution in [2.75, 3.05) is 27.2 Å². The second kappa shape index (κ2) is 18.5. The third-order valence-corrected chi connectivity index (χ3v) is 10.3. The first kappa shape index (κ1) is 45.1. The number of fused-ring (bicyclic) bond motifs is 1. The topological polar surface area (TPSA) is 199 Å². The fourth-order valence-corrected chi connectivity index (χ4v) is 6.99. The summed E-state index contributed by atoms with van der Waals surface area (Å²) in [7, 11) is 5.29. The number of benzene rings is 1. The molecule has 2 heterocycles. The van der Waals surface area contributed by atoms with Gasteiger partial charge in [0.15, 0.2) is 0 Å². The number of nitrogens with one attached hydrogen (secondary N) is 4. The van der Waals surface area contributed by atoms with Crippen LogP contribution in [0.3, 0.4) is 0 Å². The van der Waals surface area contributed by atoms with E-state index in [0.717, 1.165) is 33.5 Å². The summed E-state index contributed by atoms with van der Waals surface area (Å²) in [6.07, 6.45) is 5.45. The summed E-state index contributed by atoms with van der Waals surface area (Å²) in [6, 6.07) is 4.33. The Hall–Kier alpha value is -5.31. The zero-order valence-electron chi connectivity index (χ0n) is 34.5. The fourth-order valence-electron chi connectivity index (χ4n) is 6.99. The van der Waals surface area contributed by atoms with Crippen molar-refractivity contribution in [3.8, 4) is 0 Å². The van der Waals surface area contributed by atoms with E-state index in [-0.39, 0.29) is 49.2 Å². The maximum atomic E-state index is 14.3. The molecule has 0 bridgehead atoms. The average molecular weight is 778 g/mol. The number of likely N-dealkylation sites (N-methyl/N-ethyl adjacent to an activating group) is 2. The van der Waals surface area contributed by atoms with E-state index in [9.17, 15) is 38.7 Å². The first-order valence-corrected chi connectivity index (χ1v) is 18.8. The number of carbonyl (C=O) groups is 7. The van der Waals surface area contributed by atoms with Gasteiger partial charge < -0.3 is 35.8 Å². The molecule has 15 heteroatoms. The summed E-state index contributed by atoms with van der Waals surface area (Å²) in [5.41, 5.74) is 0.793. The molecule has 4 unspecified atom stereocenters. The Kier molecular flexibility index (Phi) is 14.9. The highest BCUT2D eigenvalue weighted by atomic mass is 16.4. The number of aromatic nitrogens is 1. The molecule has 56 heavy (non-hydrogen) atoms. The number of carboxylic acids is 1. The lowest BCUT2D eigenvalue weighted by Gasteiger charge is -2.39. The van der Waals surface area contributed by atoms with Crippen molar-refractivity contribution in [3.05, 3.63) is 59.8 Å². The van der Waals surface area contributed by atoms with E-state index in [1.165, 1.54) is 11.8 Å². The van der Waals surface area contributed by atoms with Gasteiger partial charge in [-0.1, -0.05) is 72.7 Å².